The van der Waals surface area contributed by atoms with Gasteiger partial charge in [-0.2, -0.15) is 23.4 Å². The monoisotopic (exact) mass is 567 g/mol. The molecule has 2 aromatic carbocycles. The second kappa shape index (κ2) is 9.25. The van der Waals surface area contributed by atoms with Gasteiger partial charge in [-0.15, -0.1) is 0 Å². The molecule has 6 nitrogen and oxygen atoms in total. The number of nitrogens with zero attached hydrogens (tertiary/aromatic N) is 5. The van der Waals surface area contributed by atoms with Crippen LogP contribution in [-0.4, -0.2) is 36.4 Å². The van der Waals surface area contributed by atoms with Crippen molar-refractivity contribution in [3.8, 4) is 16.9 Å². The smallest absolute Gasteiger partial charge is 0.327 e. The van der Waals surface area contributed by atoms with Gasteiger partial charge in [-0.25, -0.2) is 13.5 Å². The van der Waals surface area contributed by atoms with E-state index in [1.807, 2.05) is 4.90 Å². The molecule has 0 spiro atoms. The first kappa shape index (κ1) is 25.9. The number of piperidine rings is 1. The fourth-order valence-corrected chi connectivity index (χ4v) is 6.63. The molecule has 2 bridgehead atoms. The van der Waals surface area contributed by atoms with Crippen molar-refractivity contribution < 1.29 is 26.7 Å². The summed E-state index contributed by atoms with van der Waals surface area (Å²) in [4.78, 5) is 16.1. The first-order chi connectivity index (χ1) is 19.6. The van der Waals surface area contributed by atoms with Crippen LogP contribution in [0.1, 0.15) is 76.9 Å². The maximum atomic E-state index is 14.3. The van der Waals surface area contributed by atoms with Crippen LogP contribution in [0.4, 0.5) is 22.0 Å². The minimum Gasteiger partial charge on any atom is -0.327 e. The van der Waals surface area contributed by atoms with E-state index >= 15 is 0 Å². The Bertz CT molecular complexity index is 1660. The summed E-state index contributed by atoms with van der Waals surface area (Å²) in [6.45, 7) is 0. The summed E-state index contributed by atoms with van der Waals surface area (Å²) in [6.07, 6.45) is 1.46. The molecule has 1 saturated heterocycles. The van der Waals surface area contributed by atoms with Gasteiger partial charge in [-0.1, -0.05) is 6.07 Å². The highest BCUT2D eigenvalue weighted by atomic mass is 19.4. The molecule has 0 unspecified atom stereocenters. The van der Waals surface area contributed by atoms with E-state index in [1.165, 1.54) is 29.1 Å². The number of hydrogen-bond donors (Lipinski definition) is 0. The van der Waals surface area contributed by atoms with Crippen LogP contribution in [0, 0.1) is 11.6 Å². The molecule has 7 rings (SSSR count). The summed E-state index contributed by atoms with van der Waals surface area (Å²) in [7, 11) is 1.73. The molecule has 212 valence electrons. The van der Waals surface area contributed by atoms with Crippen molar-refractivity contribution in [2.75, 3.05) is 0 Å². The van der Waals surface area contributed by atoms with E-state index in [2.05, 4.69) is 5.10 Å². The molecule has 41 heavy (non-hydrogen) atoms. The molecule has 4 aromatic rings. The zero-order chi connectivity index (χ0) is 28.6. The molecule has 0 N–H and O–H groups in total. The topological polar surface area (TPSA) is 56.0 Å². The molecule has 1 saturated carbocycles. The second-order valence-electron chi connectivity index (χ2n) is 11.2. The van der Waals surface area contributed by atoms with Gasteiger partial charge in [0, 0.05) is 36.2 Å². The Morgan fingerprint density at radius 3 is 2.46 bits per heavy atom. The number of benzene rings is 2. The summed E-state index contributed by atoms with van der Waals surface area (Å²) >= 11 is 0. The standard InChI is InChI=1S/C30H26F5N5O/c1-38-27(17-10-19(31)13-20(32)11-17)23-14-21-5-3-7-25(26(23)37-38)39(21)29(41)24-15-36-40(28(24)16-8-9-16)22-6-2-4-18(12-22)30(33,34)35/h2,4,6,10-13,15-16,21,25H,3,5,7-9,14H2,1H3/t21-,25+/m1/s1. The Labute approximate surface area is 232 Å². The number of carbonyl (C=O) groups is 1. The summed E-state index contributed by atoms with van der Waals surface area (Å²) in [5, 5.41) is 9.15. The van der Waals surface area contributed by atoms with Crippen molar-refractivity contribution in [1.82, 2.24) is 24.5 Å². The van der Waals surface area contributed by atoms with Crippen molar-refractivity contribution in [2.45, 2.75) is 62.7 Å². The third-order valence-electron chi connectivity index (χ3n) is 8.47. The lowest BCUT2D eigenvalue weighted by molar-refractivity contribution is -0.137. The number of aromatic nitrogens is 4. The van der Waals surface area contributed by atoms with Gasteiger partial charge in [0.05, 0.1) is 46.1 Å². The average Bonchev–Trinajstić information content (AvgIpc) is 3.57. The SMILES string of the molecule is Cn1nc2c(c1-c1cc(F)cc(F)c1)C[C@H]1CCC[C@@H]2N1C(=O)c1cnn(-c2cccc(C(F)(F)F)c2)c1C1CC1. The number of aryl methyl sites for hydroxylation is 1. The molecule has 3 aliphatic rings. The van der Waals surface area contributed by atoms with Crippen LogP contribution in [0.15, 0.2) is 48.7 Å². The Morgan fingerprint density at radius 2 is 1.76 bits per heavy atom. The van der Waals surface area contributed by atoms with Crippen LogP contribution in [0.5, 0.6) is 0 Å². The Kier molecular flexibility index (Phi) is 5.85. The predicted molar refractivity (Wildman–Crippen MR) is 139 cm³/mol. The van der Waals surface area contributed by atoms with Gasteiger partial charge in [0.1, 0.15) is 11.6 Å². The third kappa shape index (κ3) is 4.33. The van der Waals surface area contributed by atoms with Gasteiger partial charge in [0.15, 0.2) is 0 Å². The number of rotatable bonds is 4. The summed E-state index contributed by atoms with van der Waals surface area (Å²) in [6, 6.07) is 7.91. The van der Waals surface area contributed by atoms with Crippen molar-refractivity contribution in [3.05, 3.63) is 88.4 Å². The van der Waals surface area contributed by atoms with E-state index in [-0.39, 0.29) is 29.6 Å². The van der Waals surface area contributed by atoms with Crippen molar-refractivity contribution in [3.63, 3.8) is 0 Å². The number of alkyl halides is 3. The van der Waals surface area contributed by atoms with Crippen LogP contribution in [0.3, 0.4) is 0 Å². The second-order valence-corrected chi connectivity index (χ2v) is 11.2. The van der Waals surface area contributed by atoms with Gasteiger partial charge >= 0.3 is 6.18 Å². The predicted octanol–water partition coefficient (Wildman–Crippen LogP) is 6.74. The molecular weight excluding hydrogens is 541 g/mol. The molecule has 11 heteroatoms. The number of halogens is 5. The molecule has 4 heterocycles. The van der Waals surface area contributed by atoms with E-state index in [4.69, 9.17) is 5.10 Å². The van der Waals surface area contributed by atoms with E-state index < -0.39 is 23.4 Å². The van der Waals surface area contributed by atoms with Crippen molar-refractivity contribution in [1.29, 1.82) is 0 Å². The zero-order valence-corrected chi connectivity index (χ0v) is 22.1. The lowest BCUT2D eigenvalue weighted by Crippen LogP contribution is -2.50. The van der Waals surface area contributed by atoms with Crippen LogP contribution in [0.2, 0.25) is 0 Å². The van der Waals surface area contributed by atoms with Gasteiger partial charge < -0.3 is 4.90 Å². The van der Waals surface area contributed by atoms with Crippen LogP contribution in [-0.2, 0) is 19.6 Å². The van der Waals surface area contributed by atoms with Gasteiger partial charge in [0.25, 0.3) is 5.91 Å². The first-order valence-corrected chi connectivity index (χ1v) is 13.7. The lowest BCUT2D eigenvalue weighted by atomic mass is 9.81. The van der Waals surface area contributed by atoms with Gasteiger partial charge in [-0.05, 0) is 68.9 Å². The zero-order valence-electron chi connectivity index (χ0n) is 22.1. The molecule has 1 amide bonds. The van der Waals surface area contributed by atoms with Crippen LogP contribution < -0.4 is 0 Å². The summed E-state index contributed by atoms with van der Waals surface area (Å²) in [5.74, 6) is -1.52. The van der Waals surface area contributed by atoms with Gasteiger partial charge in [-0.3, -0.25) is 9.48 Å². The van der Waals surface area contributed by atoms with Crippen LogP contribution >= 0.6 is 0 Å². The maximum absolute atomic E-state index is 14.3. The first-order valence-electron chi connectivity index (χ1n) is 13.7. The summed E-state index contributed by atoms with van der Waals surface area (Å²) in [5.41, 5.74) is 3.16. The molecule has 2 fully saturated rings. The minimum absolute atomic E-state index is 0.0375. The number of fused-ring (bicyclic) bond motifs is 4. The third-order valence-corrected chi connectivity index (χ3v) is 8.47. The molecule has 2 aromatic heterocycles. The maximum Gasteiger partial charge on any atom is 0.416 e. The largest absolute Gasteiger partial charge is 0.416 e. The number of carbonyl (C=O) groups excluding carboxylic acids is 1. The number of amides is 1. The number of hydrogen-bond acceptors (Lipinski definition) is 3. The van der Waals surface area contributed by atoms with Crippen LogP contribution in [0.25, 0.3) is 16.9 Å². The van der Waals surface area contributed by atoms with E-state index in [9.17, 15) is 26.7 Å². The Morgan fingerprint density at radius 1 is 1.00 bits per heavy atom. The summed E-state index contributed by atoms with van der Waals surface area (Å²) < 4.78 is 71.6. The Balaban J connectivity index is 1.28. The highest BCUT2D eigenvalue weighted by Crippen LogP contribution is 2.47. The minimum atomic E-state index is -4.50. The quantitative estimate of drug-likeness (QED) is 0.257. The molecule has 2 atom stereocenters. The highest BCUT2D eigenvalue weighted by Gasteiger charge is 2.45. The van der Waals surface area contributed by atoms with E-state index in [0.717, 1.165) is 55.1 Å². The average molecular weight is 568 g/mol. The lowest BCUT2D eigenvalue weighted by Gasteiger charge is -2.45. The van der Waals surface area contributed by atoms with Crippen molar-refractivity contribution >= 4 is 5.91 Å². The molecule has 2 aliphatic heterocycles. The van der Waals surface area contributed by atoms with E-state index in [1.54, 1.807) is 17.8 Å². The normalized spacial score (nSPS) is 20.3. The van der Waals surface area contributed by atoms with E-state index in [0.29, 0.717) is 35.4 Å². The fourth-order valence-electron chi connectivity index (χ4n) is 6.63. The molecule has 1 aliphatic carbocycles. The van der Waals surface area contributed by atoms with Crippen molar-refractivity contribution in [2.24, 2.45) is 7.05 Å². The highest BCUT2D eigenvalue weighted by molar-refractivity contribution is 5.96. The Hall–Kier alpha value is -4.02. The van der Waals surface area contributed by atoms with Gasteiger partial charge in [0.2, 0.25) is 0 Å². The molecule has 0 radical (unpaired) electrons. The fraction of sp³-hybridized carbons (Fsp3) is 0.367. The molecular formula is C30H26F5N5O.